The van der Waals surface area contributed by atoms with E-state index >= 15 is 0 Å². The summed E-state index contributed by atoms with van der Waals surface area (Å²) in [6.45, 7) is 4.86. The monoisotopic (exact) mass is 269 g/mol. The molecule has 0 aliphatic carbocycles. The number of hydrogen-bond acceptors (Lipinski definition) is 2. The van der Waals surface area contributed by atoms with Gasteiger partial charge < -0.3 is 5.11 Å². The molecule has 1 aliphatic heterocycles. The summed E-state index contributed by atoms with van der Waals surface area (Å²) >= 11 is 2.43. The third-order valence-electron chi connectivity index (χ3n) is 2.31. The molecule has 0 aromatic carbocycles. The second kappa shape index (κ2) is 4.62. The minimum atomic E-state index is 0.361. The summed E-state index contributed by atoms with van der Waals surface area (Å²) in [5.41, 5.74) is 0. The van der Waals surface area contributed by atoms with Crippen molar-refractivity contribution in [3.8, 4) is 0 Å². The van der Waals surface area contributed by atoms with E-state index < -0.39 is 0 Å². The maximum absolute atomic E-state index is 8.96. The second-order valence-corrected chi connectivity index (χ2v) is 5.06. The summed E-state index contributed by atoms with van der Waals surface area (Å²) in [5, 5.41) is 8.96. The third kappa shape index (κ3) is 2.87. The Morgan fingerprint density at radius 1 is 1.73 bits per heavy atom. The summed E-state index contributed by atoms with van der Waals surface area (Å²) in [7, 11) is 0. The highest BCUT2D eigenvalue weighted by Crippen LogP contribution is 2.19. The van der Waals surface area contributed by atoms with Crippen molar-refractivity contribution in [1.82, 2.24) is 4.90 Å². The van der Waals surface area contributed by atoms with E-state index in [-0.39, 0.29) is 0 Å². The molecule has 66 valence electrons. The summed E-state index contributed by atoms with van der Waals surface area (Å²) < 4.78 is 0.613. The number of hydrogen-bond donors (Lipinski definition) is 1. The Morgan fingerprint density at radius 3 is 3.00 bits per heavy atom. The van der Waals surface area contributed by atoms with Gasteiger partial charge in [-0.15, -0.1) is 0 Å². The molecular weight excluding hydrogens is 253 g/mol. The van der Waals surface area contributed by atoms with Crippen molar-refractivity contribution in [2.24, 2.45) is 5.92 Å². The largest absolute Gasteiger partial charge is 0.396 e. The van der Waals surface area contributed by atoms with Crippen LogP contribution in [0.4, 0.5) is 0 Å². The fraction of sp³-hybridized carbons (Fsp3) is 1.00. The number of nitrogens with zero attached hydrogens (tertiary/aromatic N) is 1. The zero-order valence-corrected chi connectivity index (χ0v) is 9.12. The van der Waals surface area contributed by atoms with Gasteiger partial charge in [-0.2, -0.15) is 0 Å². The fourth-order valence-electron chi connectivity index (χ4n) is 1.57. The summed E-state index contributed by atoms with van der Waals surface area (Å²) in [5.74, 6) is 0.529. The van der Waals surface area contributed by atoms with Crippen LogP contribution in [0.1, 0.15) is 19.8 Å². The molecule has 11 heavy (non-hydrogen) atoms. The Morgan fingerprint density at radius 2 is 2.45 bits per heavy atom. The molecule has 1 N–H and O–H groups in total. The second-order valence-electron chi connectivity index (χ2n) is 3.26. The van der Waals surface area contributed by atoms with Gasteiger partial charge in [0.2, 0.25) is 0 Å². The van der Waals surface area contributed by atoms with Crippen LogP contribution < -0.4 is 0 Å². The van der Waals surface area contributed by atoms with Crippen LogP contribution in [0.3, 0.4) is 0 Å². The van der Waals surface area contributed by atoms with Gasteiger partial charge in [-0.1, -0.05) is 22.6 Å². The number of piperidine rings is 1. The Kier molecular flexibility index (Phi) is 4.09. The Labute approximate surface area is 82.1 Å². The van der Waals surface area contributed by atoms with Crippen LogP contribution in [0.25, 0.3) is 0 Å². The average Bonchev–Trinajstić information content (AvgIpc) is 2.05. The molecule has 1 fully saturated rings. The van der Waals surface area contributed by atoms with Crippen LogP contribution in [0, 0.1) is 5.92 Å². The highest BCUT2D eigenvalue weighted by molar-refractivity contribution is 14.1. The van der Waals surface area contributed by atoms with E-state index in [1.54, 1.807) is 0 Å². The fourth-order valence-corrected chi connectivity index (χ4v) is 2.08. The van der Waals surface area contributed by atoms with Gasteiger partial charge in [-0.3, -0.25) is 4.90 Å². The van der Waals surface area contributed by atoms with Crippen LogP contribution in [0.2, 0.25) is 0 Å². The summed E-state index contributed by atoms with van der Waals surface area (Å²) in [6, 6.07) is 0. The predicted octanol–water partition coefficient (Wildman–Crippen LogP) is 1.47. The first kappa shape index (κ1) is 9.74. The minimum Gasteiger partial charge on any atom is -0.396 e. The summed E-state index contributed by atoms with van der Waals surface area (Å²) in [6.07, 6.45) is 2.45. The molecule has 0 aromatic heterocycles. The van der Waals surface area contributed by atoms with Crippen LogP contribution in [-0.4, -0.2) is 33.8 Å². The number of aliphatic hydroxyl groups excluding tert-OH is 1. The van der Waals surface area contributed by atoms with E-state index in [0.29, 0.717) is 16.6 Å². The number of alkyl halides is 1. The molecule has 0 saturated carbocycles. The Bertz CT molecular complexity index is 119. The lowest BCUT2D eigenvalue weighted by molar-refractivity contribution is 0.120. The van der Waals surface area contributed by atoms with Crippen LogP contribution in [0.5, 0.6) is 0 Å². The highest BCUT2D eigenvalue weighted by atomic mass is 127. The number of likely N-dealkylation sites (tertiary alicyclic amines) is 1. The molecule has 2 nitrogen and oxygen atoms in total. The normalized spacial score (nSPS) is 30.3. The van der Waals surface area contributed by atoms with E-state index in [1.165, 1.54) is 19.4 Å². The minimum absolute atomic E-state index is 0.361. The van der Waals surface area contributed by atoms with Crippen molar-refractivity contribution in [2.75, 3.05) is 19.7 Å². The van der Waals surface area contributed by atoms with Gasteiger partial charge in [0.1, 0.15) is 0 Å². The number of halogens is 1. The Hall–Kier alpha value is 0.650. The van der Waals surface area contributed by atoms with Gasteiger partial charge in [-0.05, 0) is 32.2 Å². The van der Waals surface area contributed by atoms with E-state index in [9.17, 15) is 0 Å². The molecule has 0 aromatic rings. The summed E-state index contributed by atoms with van der Waals surface area (Å²) in [4.78, 5) is 2.44. The first-order valence-electron chi connectivity index (χ1n) is 4.23. The highest BCUT2D eigenvalue weighted by Gasteiger charge is 2.21. The number of aliphatic hydroxyl groups is 1. The first-order chi connectivity index (χ1) is 5.24. The number of rotatable bonds is 2. The molecule has 1 saturated heterocycles. The molecule has 0 radical (unpaired) electrons. The van der Waals surface area contributed by atoms with Crippen molar-refractivity contribution < 1.29 is 5.11 Å². The lowest BCUT2D eigenvalue weighted by Crippen LogP contribution is -2.39. The average molecular weight is 269 g/mol. The zero-order valence-electron chi connectivity index (χ0n) is 6.96. The molecule has 0 amide bonds. The van der Waals surface area contributed by atoms with Gasteiger partial charge >= 0.3 is 0 Å². The molecule has 0 spiro atoms. The topological polar surface area (TPSA) is 23.5 Å². The third-order valence-corrected chi connectivity index (χ3v) is 3.10. The molecule has 1 aliphatic rings. The molecule has 2 unspecified atom stereocenters. The molecule has 3 heteroatoms. The van der Waals surface area contributed by atoms with Crippen LogP contribution in [-0.2, 0) is 0 Å². The van der Waals surface area contributed by atoms with Gasteiger partial charge in [0.05, 0.1) is 4.05 Å². The molecule has 0 bridgehead atoms. The zero-order chi connectivity index (χ0) is 8.27. The van der Waals surface area contributed by atoms with E-state index in [4.69, 9.17) is 5.11 Å². The van der Waals surface area contributed by atoms with E-state index in [1.807, 2.05) is 0 Å². The van der Waals surface area contributed by atoms with E-state index in [2.05, 4.69) is 34.4 Å². The van der Waals surface area contributed by atoms with Gasteiger partial charge in [-0.25, -0.2) is 0 Å². The standard InChI is InChI=1S/C8H16INO/c1-7(9)10-4-2-3-8(5-10)6-11/h7-8,11H,2-6H2,1H3. The van der Waals surface area contributed by atoms with Crippen molar-refractivity contribution in [3.63, 3.8) is 0 Å². The quantitative estimate of drug-likeness (QED) is 0.466. The predicted molar refractivity (Wildman–Crippen MR) is 54.9 cm³/mol. The molecule has 1 rings (SSSR count). The maximum Gasteiger partial charge on any atom is 0.0590 e. The van der Waals surface area contributed by atoms with Gasteiger partial charge in [0.25, 0.3) is 0 Å². The lowest BCUT2D eigenvalue weighted by atomic mass is 9.99. The van der Waals surface area contributed by atoms with Crippen molar-refractivity contribution in [1.29, 1.82) is 0 Å². The maximum atomic E-state index is 8.96. The lowest BCUT2D eigenvalue weighted by Gasteiger charge is -2.33. The van der Waals surface area contributed by atoms with E-state index in [0.717, 1.165) is 6.54 Å². The van der Waals surface area contributed by atoms with Crippen LogP contribution in [0.15, 0.2) is 0 Å². The SMILES string of the molecule is CC(I)N1CCCC(CO)C1. The van der Waals surface area contributed by atoms with Crippen molar-refractivity contribution in [2.45, 2.75) is 23.8 Å². The van der Waals surface area contributed by atoms with Crippen molar-refractivity contribution >= 4 is 22.6 Å². The van der Waals surface area contributed by atoms with Crippen LogP contribution >= 0.6 is 22.6 Å². The van der Waals surface area contributed by atoms with Gasteiger partial charge in [0, 0.05) is 13.2 Å². The van der Waals surface area contributed by atoms with Gasteiger partial charge in [0.15, 0.2) is 0 Å². The molecule has 2 atom stereocenters. The van der Waals surface area contributed by atoms with Crippen molar-refractivity contribution in [3.05, 3.63) is 0 Å². The molecular formula is C8H16INO. The Balaban J connectivity index is 2.33. The molecule has 1 heterocycles. The first-order valence-corrected chi connectivity index (χ1v) is 5.47. The smallest absolute Gasteiger partial charge is 0.0590 e.